The molecule has 0 aromatic carbocycles. The molecule has 17 heavy (non-hydrogen) atoms. The highest BCUT2D eigenvalue weighted by atomic mass is 16.5. The van der Waals surface area contributed by atoms with Crippen molar-refractivity contribution in [3.63, 3.8) is 0 Å². The molecule has 0 saturated heterocycles. The number of rotatable bonds is 4. The average molecular weight is 233 g/mol. The Morgan fingerprint density at radius 1 is 1.47 bits per heavy atom. The van der Waals surface area contributed by atoms with E-state index in [1.54, 1.807) is 6.26 Å². The lowest BCUT2D eigenvalue weighted by Gasteiger charge is -2.20. The topological polar surface area (TPSA) is 37.4 Å². The summed E-state index contributed by atoms with van der Waals surface area (Å²) in [6, 6.07) is 4.05. The molecular weight excluding hydrogens is 214 g/mol. The smallest absolute Gasteiger partial charge is 0.128 e. The molecule has 0 saturated carbocycles. The van der Waals surface area contributed by atoms with Crippen molar-refractivity contribution in [3.05, 3.63) is 30.7 Å². The first kappa shape index (κ1) is 11.8. The fourth-order valence-corrected chi connectivity index (χ4v) is 1.72. The highest BCUT2D eigenvalue weighted by molar-refractivity contribution is 5.47. The maximum absolute atomic E-state index is 5.49. The van der Waals surface area contributed by atoms with E-state index in [1.165, 1.54) is 0 Å². The summed E-state index contributed by atoms with van der Waals surface area (Å²) >= 11 is 0. The van der Waals surface area contributed by atoms with Gasteiger partial charge in [0.25, 0.3) is 0 Å². The van der Waals surface area contributed by atoms with Gasteiger partial charge in [0.1, 0.15) is 11.9 Å². The molecule has 1 aromatic rings. The summed E-state index contributed by atoms with van der Waals surface area (Å²) in [5.41, 5.74) is 1.04. The van der Waals surface area contributed by atoms with E-state index in [1.807, 2.05) is 37.3 Å². The van der Waals surface area contributed by atoms with E-state index in [9.17, 15) is 0 Å². The van der Waals surface area contributed by atoms with Crippen LogP contribution in [0.25, 0.3) is 0 Å². The quantitative estimate of drug-likeness (QED) is 0.865. The summed E-state index contributed by atoms with van der Waals surface area (Å²) in [7, 11) is 3.97. The third kappa shape index (κ3) is 3.37. The first-order valence-corrected chi connectivity index (χ1v) is 5.93. The minimum absolute atomic E-state index is 0.272. The van der Waals surface area contributed by atoms with Crippen molar-refractivity contribution in [2.24, 2.45) is 0 Å². The van der Waals surface area contributed by atoms with Gasteiger partial charge in [-0.3, -0.25) is 0 Å². The Balaban J connectivity index is 1.84. The number of anilines is 2. The first-order valence-electron chi connectivity index (χ1n) is 5.93. The van der Waals surface area contributed by atoms with Gasteiger partial charge < -0.3 is 15.0 Å². The summed E-state index contributed by atoms with van der Waals surface area (Å²) in [5.74, 6) is 0.965. The van der Waals surface area contributed by atoms with Crippen LogP contribution in [0.15, 0.2) is 30.7 Å². The second-order valence-corrected chi connectivity index (χ2v) is 4.39. The molecule has 4 nitrogen and oxygen atoms in total. The Morgan fingerprint density at radius 2 is 2.35 bits per heavy atom. The van der Waals surface area contributed by atoms with Crippen LogP contribution < -0.4 is 10.2 Å². The van der Waals surface area contributed by atoms with Crippen molar-refractivity contribution in [2.45, 2.75) is 18.9 Å². The lowest BCUT2D eigenvalue weighted by Crippen LogP contribution is -2.23. The van der Waals surface area contributed by atoms with Crippen molar-refractivity contribution in [2.75, 3.05) is 30.9 Å². The average Bonchev–Trinajstić information content (AvgIpc) is 2.38. The molecule has 0 aliphatic carbocycles. The molecule has 4 heteroatoms. The van der Waals surface area contributed by atoms with Crippen molar-refractivity contribution in [3.8, 4) is 0 Å². The van der Waals surface area contributed by atoms with Gasteiger partial charge in [0.05, 0.1) is 24.7 Å². The number of ether oxygens (including phenoxy) is 1. The van der Waals surface area contributed by atoms with Gasteiger partial charge in [-0.15, -0.1) is 0 Å². The number of nitrogens with one attached hydrogen (secondary N) is 1. The molecule has 1 unspecified atom stereocenters. The Labute approximate surface area is 102 Å². The van der Waals surface area contributed by atoms with E-state index in [-0.39, 0.29) is 6.10 Å². The summed E-state index contributed by atoms with van der Waals surface area (Å²) < 4.78 is 5.49. The molecule has 1 aromatic heterocycles. The number of hydrogen-bond acceptors (Lipinski definition) is 4. The molecule has 0 bridgehead atoms. The zero-order chi connectivity index (χ0) is 12.1. The van der Waals surface area contributed by atoms with Crippen molar-refractivity contribution < 1.29 is 4.74 Å². The number of aromatic nitrogens is 1. The molecule has 1 N–H and O–H groups in total. The molecule has 92 valence electrons. The number of pyridine rings is 1. The Kier molecular flexibility index (Phi) is 3.85. The Hall–Kier alpha value is -1.71. The maximum Gasteiger partial charge on any atom is 0.128 e. The van der Waals surface area contributed by atoms with Gasteiger partial charge in [0, 0.05) is 14.1 Å². The fourth-order valence-electron chi connectivity index (χ4n) is 1.72. The predicted molar refractivity (Wildman–Crippen MR) is 70.3 cm³/mol. The van der Waals surface area contributed by atoms with Gasteiger partial charge in [-0.05, 0) is 31.1 Å². The van der Waals surface area contributed by atoms with Crippen LogP contribution >= 0.6 is 0 Å². The number of allylic oxidation sites excluding steroid dienone is 1. The second-order valence-electron chi connectivity index (χ2n) is 4.39. The SMILES string of the molecule is CN(C)c1ccc(NCC2CCC=CO2)cn1. The van der Waals surface area contributed by atoms with Gasteiger partial charge in [-0.1, -0.05) is 0 Å². The summed E-state index contributed by atoms with van der Waals surface area (Å²) in [4.78, 5) is 6.34. The van der Waals surface area contributed by atoms with Crippen LogP contribution in [0.1, 0.15) is 12.8 Å². The highest BCUT2D eigenvalue weighted by Gasteiger charge is 2.10. The zero-order valence-corrected chi connectivity index (χ0v) is 10.4. The Bertz CT molecular complexity index is 373. The summed E-state index contributed by atoms with van der Waals surface area (Å²) in [6.45, 7) is 0.827. The van der Waals surface area contributed by atoms with Crippen LogP contribution in [0, 0.1) is 0 Å². The lowest BCUT2D eigenvalue weighted by atomic mass is 10.1. The lowest BCUT2D eigenvalue weighted by molar-refractivity contribution is 0.135. The van der Waals surface area contributed by atoms with E-state index in [2.05, 4.69) is 16.4 Å². The third-order valence-electron chi connectivity index (χ3n) is 2.76. The largest absolute Gasteiger partial charge is 0.497 e. The van der Waals surface area contributed by atoms with Crippen LogP contribution in [0.5, 0.6) is 0 Å². The van der Waals surface area contributed by atoms with Gasteiger partial charge >= 0.3 is 0 Å². The number of nitrogens with zero attached hydrogens (tertiary/aromatic N) is 2. The normalized spacial score (nSPS) is 18.6. The maximum atomic E-state index is 5.49. The standard InChI is InChI=1S/C13H19N3O/c1-16(2)13-7-6-11(9-15-13)14-10-12-5-3-4-8-17-12/h4,6-9,12,14H,3,5,10H2,1-2H3. The predicted octanol–water partition coefficient (Wildman–Crippen LogP) is 2.25. The van der Waals surface area contributed by atoms with Crippen LogP contribution in [-0.2, 0) is 4.74 Å². The van der Waals surface area contributed by atoms with Crippen LogP contribution in [0.4, 0.5) is 11.5 Å². The molecule has 1 atom stereocenters. The zero-order valence-electron chi connectivity index (χ0n) is 10.4. The molecular formula is C13H19N3O. The van der Waals surface area contributed by atoms with Crippen molar-refractivity contribution >= 4 is 11.5 Å². The van der Waals surface area contributed by atoms with E-state index >= 15 is 0 Å². The van der Waals surface area contributed by atoms with Crippen molar-refractivity contribution in [1.29, 1.82) is 0 Å². The molecule has 0 radical (unpaired) electrons. The Morgan fingerprint density at radius 3 is 2.94 bits per heavy atom. The van der Waals surface area contributed by atoms with Gasteiger partial charge in [0.2, 0.25) is 0 Å². The summed E-state index contributed by atoms with van der Waals surface area (Å²) in [5, 5.41) is 3.34. The molecule has 2 rings (SSSR count). The van der Waals surface area contributed by atoms with Crippen LogP contribution in [-0.4, -0.2) is 31.7 Å². The highest BCUT2D eigenvalue weighted by Crippen LogP contribution is 2.14. The first-order chi connectivity index (χ1) is 8.25. The number of hydrogen-bond donors (Lipinski definition) is 1. The minimum atomic E-state index is 0.272. The molecule has 2 heterocycles. The molecule has 1 aliphatic heterocycles. The molecule has 0 fully saturated rings. The second kappa shape index (κ2) is 5.57. The van der Waals surface area contributed by atoms with E-state index in [4.69, 9.17) is 4.74 Å². The van der Waals surface area contributed by atoms with Crippen LogP contribution in [0.3, 0.4) is 0 Å². The van der Waals surface area contributed by atoms with E-state index in [0.717, 1.165) is 30.9 Å². The monoisotopic (exact) mass is 233 g/mol. The molecule has 1 aliphatic rings. The molecule has 0 amide bonds. The van der Waals surface area contributed by atoms with Gasteiger partial charge in [-0.25, -0.2) is 4.98 Å². The third-order valence-corrected chi connectivity index (χ3v) is 2.76. The van der Waals surface area contributed by atoms with Crippen LogP contribution in [0.2, 0.25) is 0 Å². The minimum Gasteiger partial charge on any atom is -0.497 e. The van der Waals surface area contributed by atoms with Gasteiger partial charge in [-0.2, -0.15) is 0 Å². The fraction of sp³-hybridized carbons (Fsp3) is 0.462. The van der Waals surface area contributed by atoms with Gasteiger partial charge in [0.15, 0.2) is 0 Å². The molecule has 0 spiro atoms. The van der Waals surface area contributed by atoms with E-state index in [0.29, 0.717) is 0 Å². The summed E-state index contributed by atoms with van der Waals surface area (Å²) in [6.07, 6.45) is 8.16. The van der Waals surface area contributed by atoms with Crippen molar-refractivity contribution in [1.82, 2.24) is 4.98 Å². The van der Waals surface area contributed by atoms with E-state index < -0.39 is 0 Å².